The van der Waals surface area contributed by atoms with Crippen LogP contribution in [0, 0.1) is 0 Å². The molecule has 3 aromatic rings. The maximum absolute atomic E-state index is 12.1. The Labute approximate surface area is 139 Å². The number of hydrogen-bond acceptors (Lipinski definition) is 5. The van der Waals surface area contributed by atoms with E-state index in [1.807, 2.05) is 36.4 Å². The summed E-state index contributed by atoms with van der Waals surface area (Å²) in [5, 5.41) is 0.933. The fourth-order valence-electron chi connectivity index (χ4n) is 3.11. The van der Waals surface area contributed by atoms with Gasteiger partial charge in [-0.1, -0.05) is 30.3 Å². The van der Waals surface area contributed by atoms with Gasteiger partial charge < -0.3 is 9.64 Å². The average molecular weight is 319 g/mol. The topological polar surface area (TPSA) is 55.3 Å². The summed E-state index contributed by atoms with van der Waals surface area (Å²) < 4.78 is 5.08. The summed E-state index contributed by atoms with van der Waals surface area (Å²) in [7, 11) is 0. The van der Waals surface area contributed by atoms with Crippen molar-refractivity contribution >= 4 is 28.4 Å². The second-order valence-electron chi connectivity index (χ2n) is 5.64. The average Bonchev–Trinajstić information content (AvgIpc) is 3.05. The zero-order chi connectivity index (χ0) is 16.5. The minimum absolute atomic E-state index is 0.106. The second-order valence-corrected chi connectivity index (χ2v) is 5.64. The number of esters is 1. The van der Waals surface area contributed by atoms with Gasteiger partial charge in [-0.3, -0.25) is 0 Å². The van der Waals surface area contributed by atoms with E-state index < -0.39 is 5.97 Å². The van der Waals surface area contributed by atoms with Crippen LogP contribution in [0.3, 0.4) is 0 Å². The van der Waals surface area contributed by atoms with E-state index >= 15 is 0 Å². The van der Waals surface area contributed by atoms with Crippen molar-refractivity contribution in [3.05, 3.63) is 59.9 Å². The summed E-state index contributed by atoms with van der Waals surface area (Å²) in [6, 6.07) is 16.0. The van der Waals surface area contributed by atoms with Gasteiger partial charge in [0.05, 0.1) is 12.1 Å². The first-order chi connectivity index (χ1) is 11.8. The molecule has 1 aromatic heterocycles. The van der Waals surface area contributed by atoms with Gasteiger partial charge in [0, 0.05) is 17.6 Å². The molecule has 0 saturated carbocycles. The van der Waals surface area contributed by atoms with E-state index in [0.717, 1.165) is 35.4 Å². The molecule has 0 fully saturated rings. The number of hydrogen-bond donors (Lipinski definition) is 0. The molecule has 0 bridgehead atoms. The summed E-state index contributed by atoms with van der Waals surface area (Å²) in [5.74, 6) is 0.375. The van der Waals surface area contributed by atoms with Crippen LogP contribution in [0.25, 0.3) is 10.9 Å². The molecule has 0 aliphatic carbocycles. The van der Waals surface area contributed by atoms with E-state index in [2.05, 4.69) is 27.0 Å². The zero-order valence-corrected chi connectivity index (χ0v) is 13.4. The summed E-state index contributed by atoms with van der Waals surface area (Å²) in [6.45, 7) is 2.91. The first-order valence-corrected chi connectivity index (χ1v) is 8.07. The molecule has 0 spiro atoms. The molecular weight excluding hydrogens is 302 g/mol. The Balaban J connectivity index is 1.90. The second kappa shape index (κ2) is 5.92. The summed E-state index contributed by atoms with van der Waals surface area (Å²) in [5.41, 5.74) is 3.17. The van der Waals surface area contributed by atoms with E-state index in [1.54, 1.807) is 6.92 Å². The highest BCUT2D eigenvalue weighted by atomic mass is 16.5. The summed E-state index contributed by atoms with van der Waals surface area (Å²) >= 11 is 0. The smallest absolute Gasteiger partial charge is 0.376 e. The predicted octanol–water partition coefficient (Wildman–Crippen LogP) is 3.50. The van der Waals surface area contributed by atoms with Crippen LogP contribution in [0.1, 0.15) is 23.1 Å². The standard InChI is InChI=1S/C19H17N3O2/c1-2-24-19(23)17-20-15-9-5-4-8-14(15)18(21-17)22-12-11-13-7-3-6-10-16(13)22/h3-10H,2,11-12H2,1H3. The van der Waals surface area contributed by atoms with E-state index in [9.17, 15) is 4.79 Å². The molecule has 0 radical (unpaired) electrons. The van der Waals surface area contributed by atoms with Gasteiger partial charge in [0.2, 0.25) is 5.82 Å². The SMILES string of the molecule is CCOC(=O)c1nc(N2CCc3ccccc32)c2ccccc2n1. The molecule has 24 heavy (non-hydrogen) atoms. The van der Waals surface area contributed by atoms with E-state index in [-0.39, 0.29) is 5.82 Å². The van der Waals surface area contributed by atoms with Crippen molar-refractivity contribution in [2.45, 2.75) is 13.3 Å². The number of para-hydroxylation sites is 2. The molecule has 4 rings (SSSR count). The highest BCUT2D eigenvalue weighted by Crippen LogP contribution is 2.36. The number of carbonyl (C=O) groups excluding carboxylic acids is 1. The third-order valence-electron chi connectivity index (χ3n) is 4.18. The molecule has 1 aliphatic heterocycles. The van der Waals surface area contributed by atoms with Crippen molar-refractivity contribution in [1.82, 2.24) is 9.97 Å². The van der Waals surface area contributed by atoms with Crippen LogP contribution < -0.4 is 4.90 Å². The number of fused-ring (bicyclic) bond motifs is 2. The molecule has 0 unspecified atom stereocenters. The van der Waals surface area contributed by atoms with Gasteiger partial charge in [-0.25, -0.2) is 14.8 Å². The lowest BCUT2D eigenvalue weighted by Crippen LogP contribution is -2.18. The number of rotatable bonds is 3. The summed E-state index contributed by atoms with van der Waals surface area (Å²) in [4.78, 5) is 23.2. The van der Waals surface area contributed by atoms with Gasteiger partial charge in [0.1, 0.15) is 5.82 Å². The summed E-state index contributed by atoms with van der Waals surface area (Å²) in [6.07, 6.45) is 0.962. The van der Waals surface area contributed by atoms with Crippen molar-refractivity contribution < 1.29 is 9.53 Å². The maximum atomic E-state index is 12.1. The number of carbonyl (C=O) groups is 1. The largest absolute Gasteiger partial charge is 0.460 e. The van der Waals surface area contributed by atoms with Gasteiger partial charge in [0.15, 0.2) is 0 Å². The minimum Gasteiger partial charge on any atom is -0.460 e. The fraction of sp³-hybridized carbons (Fsp3) is 0.211. The van der Waals surface area contributed by atoms with Crippen LogP contribution in [0.4, 0.5) is 11.5 Å². The molecular formula is C19H17N3O2. The van der Waals surface area contributed by atoms with Crippen molar-refractivity contribution in [1.29, 1.82) is 0 Å². The maximum Gasteiger partial charge on any atom is 0.376 e. The Morgan fingerprint density at radius 3 is 2.79 bits per heavy atom. The Kier molecular flexibility index (Phi) is 3.61. The van der Waals surface area contributed by atoms with E-state index in [0.29, 0.717) is 6.61 Å². The van der Waals surface area contributed by atoms with Gasteiger partial charge in [-0.2, -0.15) is 0 Å². The lowest BCUT2D eigenvalue weighted by molar-refractivity contribution is 0.0512. The number of benzene rings is 2. The van der Waals surface area contributed by atoms with Crippen LogP contribution in [-0.2, 0) is 11.2 Å². The number of anilines is 2. The number of nitrogens with zero attached hydrogens (tertiary/aromatic N) is 3. The van der Waals surface area contributed by atoms with Crippen molar-refractivity contribution in [3.63, 3.8) is 0 Å². The van der Waals surface area contributed by atoms with Crippen LogP contribution in [0.15, 0.2) is 48.5 Å². The van der Waals surface area contributed by atoms with Crippen LogP contribution >= 0.6 is 0 Å². The molecule has 5 heteroatoms. The van der Waals surface area contributed by atoms with Crippen molar-refractivity contribution in [2.75, 3.05) is 18.1 Å². The predicted molar refractivity (Wildman–Crippen MR) is 92.6 cm³/mol. The van der Waals surface area contributed by atoms with Crippen LogP contribution in [-0.4, -0.2) is 29.1 Å². The first-order valence-electron chi connectivity index (χ1n) is 8.07. The monoisotopic (exact) mass is 319 g/mol. The minimum atomic E-state index is -0.489. The van der Waals surface area contributed by atoms with Gasteiger partial charge in [0.25, 0.3) is 0 Å². The van der Waals surface area contributed by atoms with Crippen molar-refractivity contribution in [3.8, 4) is 0 Å². The van der Waals surface area contributed by atoms with Gasteiger partial charge >= 0.3 is 5.97 Å². The van der Waals surface area contributed by atoms with Crippen molar-refractivity contribution in [2.24, 2.45) is 0 Å². The highest BCUT2D eigenvalue weighted by molar-refractivity contribution is 5.96. The third-order valence-corrected chi connectivity index (χ3v) is 4.18. The number of ether oxygens (including phenoxy) is 1. The Morgan fingerprint density at radius 2 is 1.92 bits per heavy atom. The van der Waals surface area contributed by atoms with E-state index in [1.165, 1.54) is 5.56 Å². The molecule has 2 heterocycles. The number of aromatic nitrogens is 2. The molecule has 0 saturated heterocycles. The molecule has 0 N–H and O–H groups in total. The fourth-order valence-corrected chi connectivity index (χ4v) is 3.11. The Hall–Kier alpha value is -2.95. The lowest BCUT2D eigenvalue weighted by Gasteiger charge is -2.20. The van der Waals surface area contributed by atoms with Crippen LogP contribution in [0.5, 0.6) is 0 Å². The van der Waals surface area contributed by atoms with Crippen LogP contribution in [0.2, 0.25) is 0 Å². The quantitative estimate of drug-likeness (QED) is 0.692. The molecule has 2 aromatic carbocycles. The van der Waals surface area contributed by atoms with Gasteiger partial charge in [-0.05, 0) is 37.1 Å². The molecule has 120 valence electrons. The zero-order valence-electron chi connectivity index (χ0n) is 13.4. The lowest BCUT2D eigenvalue weighted by atomic mass is 10.2. The van der Waals surface area contributed by atoms with Gasteiger partial charge in [-0.15, -0.1) is 0 Å². The molecule has 1 aliphatic rings. The molecule has 5 nitrogen and oxygen atoms in total. The molecule has 0 amide bonds. The Bertz CT molecular complexity index is 923. The third kappa shape index (κ3) is 2.38. The Morgan fingerprint density at radius 1 is 1.12 bits per heavy atom. The normalized spacial score (nSPS) is 13.1. The first kappa shape index (κ1) is 14.6. The molecule has 0 atom stereocenters. The highest BCUT2D eigenvalue weighted by Gasteiger charge is 2.24. The van der Waals surface area contributed by atoms with E-state index in [4.69, 9.17) is 4.74 Å².